The Morgan fingerprint density at radius 3 is 2.32 bits per heavy atom. The summed E-state index contributed by atoms with van der Waals surface area (Å²) in [5.41, 5.74) is -1.24. The topological polar surface area (TPSA) is 71.1 Å². The Hall–Kier alpha value is -1.95. The van der Waals surface area contributed by atoms with Crippen molar-refractivity contribution in [3.63, 3.8) is 0 Å². The van der Waals surface area contributed by atoms with Gasteiger partial charge in [-0.15, -0.1) is 0 Å². The van der Waals surface area contributed by atoms with E-state index in [0.717, 1.165) is 0 Å². The number of carbonyl (C=O) groups excluding carboxylic acids is 2. The zero-order valence-corrected chi connectivity index (χ0v) is 13.4. The first-order valence-electron chi connectivity index (χ1n) is 6.89. The highest BCUT2D eigenvalue weighted by molar-refractivity contribution is 6.33. The molecular weight excluding hydrogens is 312 g/mol. The average molecular weight is 329 g/mol. The summed E-state index contributed by atoms with van der Waals surface area (Å²) in [6, 6.07) is 3.34. The van der Waals surface area contributed by atoms with Gasteiger partial charge in [-0.1, -0.05) is 17.7 Å². The molecule has 0 atom stereocenters. The van der Waals surface area contributed by atoms with Crippen LogP contribution >= 0.6 is 11.6 Å². The van der Waals surface area contributed by atoms with Crippen molar-refractivity contribution in [1.82, 2.24) is 0 Å². The van der Waals surface area contributed by atoms with Crippen molar-refractivity contribution >= 4 is 23.5 Å². The van der Waals surface area contributed by atoms with Crippen LogP contribution in [0, 0.1) is 0 Å². The summed E-state index contributed by atoms with van der Waals surface area (Å²) >= 11 is 6.19. The average Bonchev–Trinajstić information content (AvgIpc) is 2.90. The molecule has 0 radical (unpaired) electrons. The van der Waals surface area contributed by atoms with Gasteiger partial charge in [0.25, 0.3) is 0 Å². The van der Waals surface area contributed by atoms with Gasteiger partial charge < -0.3 is 18.9 Å². The summed E-state index contributed by atoms with van der Waals surface area (Å²) < 4.78 is 20.7. The van der Waals surface area contributed by atoms with E-state index < -0.39 is 17.5 Å². The number of fused-ring (bicyclic) bond motifs is 1. The van der Waals surface area contributed by atoms with E-state index in [1.807, 2.05) is 0 Å². The smallest absolute Gasteiger partial charge is 0.362 e. The maximum Gasteiger partial charge on any atom is 0.362 e. The van der Waals surface area contributed by atoms with Gasteiger partial charge in [-0.05, 0) is 19.9 Å². The molecule has 6 nitrogen and oxygen atoms in total. The lowest BCUT2D eigenvalue weighted by atomic mass is 9.97. The monoisotopic (exact) mass is 328 g/mol. The second-order valence-corrected chi connectivity index (χ2v) is 4.99. The molecule has 1 aromatic carbocycles. The molecule has 0 N–H and O–H groups in total. The van der Waals surface area contributed by atoms with Gasteiger partial charge in [-0.3, -0.25) is 0 Å². The Morgan fingerprint density at radius 2 is 1.82 bits per heavy atom. The summed E-state index contributed by atoms with van der Waals surface area (Å²) in [7, 11) is 1.46. The first-order chi connectivity index (χ1) is 10.5. The van der Waals surface area contributed by atoms with Crippen molar-refractivity contribution in [1.29, 1.82) is 0 Å². The highest BCUT2D eigenvalue weighted by Gasteiger charge is 2.56. The Labute approximate surface area is 133 Å². The number of carbonyl (C=O) groups is 2. The molecule has 22 heavy (non-hydrogen) atoms. The minimum absolute atomic E-state index is 0.00368. The summed E-state index contributed by atoms with van der Waals surface area (Å²) in [5.74, 6) is -0.953. The van der Waals surface area contributed by atoms with Gasteiger partial charge in [0.1, 0.15) is 16.5 Å². The van der Waals surface area contributed by atoms with Crippen molar-refractivity contribution in [3.8, 4) is 11.5 Å². The van der Waals surface area contributed by atoms with Crippen LogP contribution in [0.15, 0.2) is 12.1 Å². The quantitative estimate of drug-likeness (QED) is 0.609. The molecule has 0 spiro atoms. The molecule has 0 saturated carbocycles. The van der Waals surface area contributed by atoms with E-state index in [1.54, 1.807) is 26.0 Å². The van der Waals surface area contributed by atoms with Crippen LogP contribution in [-0.2, 0) is 25.5 Å². The highest BCUT2D eigenvalue weighted by Crippen LogP contribution is 2.45. The maximum atomic E-state index is 12.3. The summed E-state index contributed by atoms with van der Waals surface area (Å²) in [5, 5.41) is 0.204. The van der Waals surface area contributed by atoms with Crippen LogP contribution in [0.5, 0.6) is 11.5 Å². The molecule has 0 saturated heterocycles. The van der Waals surface area contributed by atoms with Crippen molar-refractivity contribution in [2.45, 2.75) is 25.9 Å². The SMILES string of the molecule is CCOC(=O)C1(C(=O)OCC)Cc2ccc(OC)c(Cl)c2O1. The Bertz CT molecular complexity index is 580. The lowest BCUT2D eigenvalue weighted by Crippen LogP contribution is -2.53. The molecule has 0 bridgehead atoms. The second kappa shape index (κ2) is 6.44. The minimum Gasteiger partial charge on any atom is -0.495 e. The van der Waals surface area contributed by atoms with E-state index in [9.17, 15) is 9.59 Å². The fourth-order valence-electron chi connectivity index (χ4n) is 2.27. The predicted octanol–water partition coefficient (Wildman–Crippen LogP) is 2.15. The lowest BCUT2D eigenvalue weighted by Gasteiger charge is -2.24. The standard InChI is InChI=1S/C15H17ClO6/c1-4-20-13(17)15(14(18)21-5-2)8-9-6-7-10(19-3)11(16)12(9)22-15/h6-7H,4-5,8H2,1-3H3. The number of methoxy groups -OCH3 is 1. The normalized spacial score (nSPS) is 14.7. The van der Waals surface area contributed by atoms with Gasteiger partial charge in [0.15, 0.2) is 0 Å². The number of benzene rings is 1. The third kappa shape index (κ3) is 2.59. The molecule has 0 amide bonds. The fraction of sp³-hybridized carbons (Fsp3) is 0.467. The van der Waals surface area contributed by atoms with Gasteiger partial charge in [0.05, 0.1) is 20.3 Å². The highest BCUT2D eigenvalue weighted by atomic mass is 35.5. The first-order valence-corrected chi connectivity index (χ1v) is 7.26. The van der Waals surface area contributed by atoms with Gasteiger partial charge in [-0.2, -0.15) is 0 Å². The zero-order chi connectivity index (χ0) is 16.3. The van der Waals surface area contributed by atoms with Crippen LogP contribution in [0.25, 0.3) is 0 Å². The van der Waals surface area contributed by atoms with E-state index in [1.165, 1.54) is 7.11 Å². The number of hydrogen-bond acceptors (Lipinski definition) is 6. The Balaban J connectivity index is 2.44. The molecule has 0 unspecified atom stereocenters. The van der Waals surface area contributed by atoms with Crippen LogP contribution in [0.1, 0.15) is 19.4 Å². The third-order valence-electron chi connectivity index (χ3n) is 3.29. The largest absolute Gasteiger partial charge is 0.495 e. The molecule has 1 aliphatic heterocycles. The molecule has 1 heterocycles. The summed E-state index contributed by atoms with van der Waals surface area (Å²) in [6.07, 6.45) is 0.00368. The molecule has 120 valence electrons. The fourth-order valence-corrected chi connectivity index (χ4v) is 2.57. The first kappa shape index (κ1) is 16.4. The predicted molar refractivity (Wildman–Crippen MR) is 78.3 cm³/mol. The molecular formula is C15H17ClO6. The maximum absolute atomic E-state index is 12.3. The second-order valence-electron chi connectivity index (χ2n) is 4.62. The zero-order valence-electron chi connectivity index (χ0n) is 12.6. The van der Waals surface area contributed by atoms with Crippen molar-refractivity contribution < 1.29 is 28.5 Å². The molecule has 2 rings (SSSR count). The van der Waals surface area contributed by atoms with Gasteiger partial charge >= 0.3 is 17.5 Å². The van der Waals surface area contributed by atoms with Crippen LogP contribution in [-0.4, -0.2) is 37.9 Å². The van der Waals surface area contributed by atoms with Crippen LogP contribution in [0.2, 0.25) is 5.02 Å². The van der Waals surface area contributed by atoms with E-state index >= 15 is 0 Å². The van der Waals surface area contributed by atoms with E-state index in [-0.39, 0.29) is 30.4 Å². The lowest BCUT2D eigenvalue weighted by molar-refractivity contribution is -0.177. The van der Waals surface area contributed by atoms with E-state index in [0.29, 0.717) is 11.3 Å². The van der Waals surface area contributed by atoms with Crippen LogP contribution < -0.4 is 9.47 Å². The molecule has 0 fully saturated rings. The van der Waals surface area contributed by atoms with Crippen molar-refractivity contribution in [2.75, 3.05) is 20.3 Å². The third-order valence-corrected chi connectivity index (χ3v) is 3.65. The van der Waals surface area contributed by atoms with Gasteiger partial charge in [0, 0.05) is 12.0 Å². The minimum atomic E-state index is -1.86. The molecule has 0 aliphatic carbocycles. The Morgan fingerprint density at radius 1 is 1.23 bits per heavy atom. The van der Waals surface area contributed by atoms with Crippen LogP contribution in [0.3, 0.4) is 0 Å². The molecule has 0 aromatic heterocycles. The van der Waals surface area contributed by atoms with Gasteiger partial charge in [-0.25, -0.2) is 9.59 Å². The number of ether oxygens (including phenoxy) is 4. The molecule has 7 heteroatoms. The van der Waals surface area contributed by atoms with Crippen molar-refractivity contribution in [3.05, 3.63) is 22.7 Å². The van der Waals surface area contributed by atoms with Gasteiger partial charge in [0.2, 0.25) is 0 Å². The number of hydrogen-bond donors (Lipinski definition) is 0. The molecule has 1 aliphatic rings. The Kier molecular flexibility index (Phi) is 4.81. The number of halogens is 1. The van der Waals surface area contributed by atoms with Crippen molar-refractivity contribution in [2.24, 2.45) is 0 Å². The van der Waals surface area contributed by atoms with E-state index in [4.69, 9.17) is 30.5 Å². The number of rotatable bonds is 5. The summed E-state index contributed by atoms with van der Waals surface area (Å²) in [4.78, 5) is 24.6. The molecule has 1 aromatic rings. The summed E-state index contributed by atoms with van der Waals surface area (Å²) in [6.45, 7) is 3.54. The number of esters is 2. The van der Waals surface area contributed by atoms with Crippen LogP contribution in [0.4, 0.5) is 0 Å². The van der Waals surface area contributed by atoms with E-state index in [2.05, 4.69) is 0 Å².